The van der Waals surface area contributed by atoms with Crippen LogP contribution in [0.2, 0.25) is 0 Å². The minimum atomic E-state index is -0.203. The molecule has 0 unspecified atom stereocenters. The lowest BCUT2D eigenvalue weighted by atomic mass is 9.77. The molecule has 0 spiro atoms. The third-order valence-electron chi connectivity index (χ3n) is 16.4. The topological polar surface area (TPSA) is 33.5 Å². The van der Waals surface area contributed by atoms with Gasteiger partial charge in [-0.1, -0.05) is 190 Å². The predicted molar refractivity (Wildman–Crippen MR) is 324 cm³/mol. The van der Waals surface area contributed by atoms with Gasteiger partial charge in [-0.3, -0.25) is 4.57 Å². The van der Waals surface area contributed by atoms with Crippen LogP contribution in [0.3, 0.4) is 0 Å². The Morgan fingerprint density at radius 3 is 1.63 bits per heavy atom. The van der Waals surface area contributed by atoms with Crippen molar-refractivity contribution < 1.29 is 4.74 Å². The normalized spacial score (nSPS) is 14.6. The van der Waals surface area contributed by atoms with E-state index in [1.54, 1.807) is 0 Å². The molecule has 7 aromatic carbocycles. The van der Waals surface area contributed by atoms with Crippen LogP contribution < -0.4 is 14.5 Å². The van der Waals surface area contributed by atoms with E-state index in [9.17, 15) is 0 Å². The van der Waals surface area contributed by atoms with Crippen LogP contribution in [-0.2, 0) is 32.5 Å². The van der Waals surface area contributed by atoms with Gasteiger partial charge in [-0.2, -0.15) is 0 Å². The molecular weight excluding hydrogens is 925 g/mol. The van der Waals surface area contributed by atoms with Crippen LogP contribution in [0.4, 0.5) is 22.7 Å². The molecular formula is C71H78N4O. The lowest BCUT2D eigenvalue weighted by Crippen LogP contribution is -2.25. The van der Waals surface area contributed by atoms with Crippen molar-refractivity contribution in [3.63, 3.8) is 0 Å². The van der Waals surface area contributed by atoms with Crippen LogP contribution in [0.15, 0.2) is 152 Å². The Balaban J connectivity index is 1.06. The van der Waals surface area contributed by atoms with Crippen molar-refractivity contribution in [2.24, 2.45) is 0 Å². The average Bonchev–Trinajstić information content (AvgIpc) is 4.12. The van der Waals surface area contributed by atoms with Crippen molar-refractivity contribution in [2.45, 2.75) is 150 Å². The quantitative estimate of drug-likeness (QED) is 0.159. The molecule has 9 aromatic rings. The first-order chi connectivity index (χ1) is 35.6. The molecule has 0 saturated heterocycles. The van der Waals surface area contributed by atoms with Gasteiger partial charge in [0.1, 0.15) is 24.0 Å². The van der Waals surface area contributed by atoms with Gasteiger partial charge in [-0.05, 0) is 138 Å². The third kappa shape index (κ3) is 8.78. The molecule has 5 heteroatoms. The summed E-state index contributed by atoms with van der Waals surface area (Å²) in [5.74, 6) is 2.52. The van der Waals surface area contributed by atoms with Crippen molar-refractivity contribution >= 4 is 44.6 Å². The van der Waals surface area contributed by atoms with Gasteiger partial charge in [0.05, 0.1) is 28.1 Å². The fourth-order valence-electron chi connectivity index (χ4n) is 11.7. The molecule has 76 heavy (non-hydrogen) atoms. The summed E-state index contributed by atoms with van der Waals surface area (Å²) in [6, 6.07) is 54.9. The fraction of sp³-hybridized carbons (Fsp3) is 0.338. The Bertz CT molecular complexity index is 3740. The highest BCUT2D eigenvalue weighted by molar-refractivity contribution is 6.16. The Morgan fingerprint density at radius 2 is 0.987 bits per heavy atom. The van der Waals surface area contributed by atoms with Crippen molar-refractivity contribution in [1.29, 1.82) is 0 Å². The predicted octanol–water partition coefficient (Wildman–Crippen LogP) is 19.7. The summed E-state index contributed by atoms with van der Waals surface area (Å²) >= 11 is 0. The second kappa shape index (κ2) is 17.5. The van der Waals surface area contributed by atoms with Gasteiger partial charge in [-0.25, -0.2) is 4.98 Å². The van der Waals surface area contributed by atoms with E-state index < -0.39 is 0 Å². The highest BCUT2D eigenvalue weighted by atomic mass is 16.5. The number of pyridine rings is 1. The summed E-state index contributed by atoms with van der Waals surface area (Å²) in [5, 5.41) is 2.59. The number of fused-ring (bicyclic) bond motifs is 1. The summed E-state index contributed by atoms with van der Waals surface area (Å²) in [6.45, 7) is 40.1. The maximum absolute atomic E-state index is 7.11. The van der Waals surface area contributed by atoms with Gasteiger partial charge in [0, 0.05) is 51.3 Å². The summed E-state index contributed by atoms with van der Waals surface area (Å²) in [4.78, 5) is 10.1. The van der Waals surface area contributed by atoms with E-state index in [1.807, 2.05) is 6.20 Å². The Kier molecular flexibility index (Phi) is 11.7. The van der Waals surface area contributed by atoms with Crippen molar-refractivity contribution in [3.8, 4) is 39.6 Å². The van der Waals surface area contributed by atoms with E-state index in [2.05, 4.69) is 278 Å². The number of hydrogen-bond acceptors (Lipinski definition) is 4. The SMILES string of the molecule is CC(C)(C)c1cccc(-c2cc(C(C)(C)C)cc(-c3cc(C(C)(C)C)cc(C(C)(C)C)c3)c2N2CN(c3cccc(Oc4cc5c6c7c(cccc7n(-c7cc(C(C)(C)C)ccn7)c6c4)C5(C)C)c3)c3ccccc32)c1. The van der Waals surface area contributed by atoms with Gasteiger partial charge < -0.3 is 14.5 Å². The maximum Gasteiger partial charge on any atom is 0.137 e. The zero-order chi connectivity index (χ0) is 54.2. The lowest BCUT2D eigenvalue weighted by Gasteiger charge is -2.32. The van der Waals surface area contributed by atoms with E-state index in [1.165, 1.54) is 88.9 Å². The number of nitrogens with zero attached hydrogens (tertiary/aromatic N) is 4. The molecule has 2 aliphatic rings. The van der Waals surface area contributed by atoms with E-state index in [4.69, 9.17) is 9.72 Å². The summed E-state index contributed by atoms with van der Waals surface area (Å²) in [6.07, 6.45) is 1.96. The Morgan fingerprint density at radius 1 is 0.434 bits per heavy atom. The Labute approximate surface area is 453 Å². The molecule has 0 saturated carbocycles. The molecule has 0 fully saturated rings. The molecule has 0 radical (unpaired) electrons. The van der Waals surface area contributed by atoms with Crippen molar-refractivity contribution in [2.75, 3.05) is 16.5 Å². The fourth-order valence-corrected chi connectivity index (χ4v) is 11.7. The van der Waals surface area contributed by atoms with Crippen molar-refractivity contribution in [3.05, 3.63) is 191 Å². The monoisotopic (exact) mass is 1000 g/mol. The van der Waals surface area contributed by atoms with Crippen LogP contribution in [0, 0.1) is 0 Å². The number of ether oxygens (including phenoxy) is 1. The first-order valence-corrected chi connectivity index (χ1v) is 27.5. The zero-order valence-electron chi connectivity index (χ0n) is 48.3. The minimum Gasteiger partial charge on any atom is -0.457 e. The molecule has 0 N–H and O–H groups in total. The number of hydrogen-bond donors (Lipinski definition) is 0. The Hall–Kier alpha value is -7.11. The molecule has 1 aliphatic carbocycles. The molecule has 0 atom stereocenters. The molecule has 5 nitrogen and oxygen atoms in total. The van der Waals surface area contributed by atoms with E-state index >= 15 is 0 Å². The van der Waals surface area contributed by atoms with Crippen molar-refractivity contribution in [1.82, 2.24) is 9.55 Å². The molecule has 3 heterocycles. The van der Waals surface area contributed by atoms with Gasteiger partial charge >= 0.3 is 0 Å². The first kappa shape index (κ1) is 51.0. The number of para-hydroxylation sites is 2. The smallest absolute Gasteiger partial charge is 0.137 e. The van der Waals surface area contributed by atoms with Gasteiger partial charge in [0.2, 0.25) is 0 Å². The average molecular weight is 1000 g/mol. The molecule has 0 bridgehead atoms. The van der Waals surface area contributed by atoms with Crippen LogP contribution in [0.5, 0.6) is 11.5 Å². The third-order valence-corrected chi connectivity index (χ3v) is 16.4. The summed E-state index contributed by atoms with van der Waals surface area (Å²) in [5.41, 5.74) is 20.5. The van der Waals surface area contributed by atoms with E-state index in [0.29, 0.717) is 6.67 Å². The highest BCUT2D eigenvalue weighted by Crippen LogP contribution is 2.55. The maximum atomic E-state index is 7.11. The number of aromatic nitrogens is 2. The number of anilines is 4. The lowest BCUT2D eigenvalue weighted by molar-refractivity contribution is 0.481. The number of rotatable bonds is 7. The van der Waals surface area contributed by atoms with Gasteiger partial charge in [0.25, 0.3) is 0 Å². The molecule has 1 aliphatic heterocycles. The minimum absolute atomic E-state index is 0.0221. The second-order valence-electron chi connectivity index (χ2n) is 27.6. The largest absolute Gasteiger partial charge is 0.457 e. The van der Waals surface area contributed by atoms with Gasteiger partial charge in [-0.15, -0.1) is 0 Å². The van der Waals surface area contributed by atoms with E-state index in [-0.39, 0.29) is 32.5 Å². The summed E-state index contributed by atoms with van der Waals surface area (Å²) in [7, 11) is 0. The van der Waals surface area contributed by atoms with Crippen LogP contribution >= 0.6 is 0 Å². The highest BCUT2D eigenvalue weighted by Gasteiger charge is 2.38. The second-order valence-corrected chi connectivity index (χ2v) is 27.6. The first-order valence-electron chi connectivity index (χ1n) is 27.5. The van der Waals surface area contributed by atoms with Crippen LogP contribution in [0.1, 0.15) is 157 Å². The zero-order valence-corrected chi connectivity index (χ0v) is 48.3. The van der Waals surface area contributed by atoms with E-state index in [0.717, 1.165) is 34.2 Å². The van der Waals surface area contributed by atoms with Crippen LogP contribution in [0.25, 0.3) is 49.9 Å². The molecule has 388 valence electrons. The molecule has 2 aromatic heterocycles. The van der Waals surface area contributed by atoms with Gasteiger partial charge in [0.15, 0.2) is 0 Å². The number of benzene rings is 7. The molecule has 0 amide bonds. The molecule has 11 rings (SSSR count). The van der Waals surface area contributed by atoms with Crippen LogP contribution in [-0.4, -0.2) is 16.2 Å². The summed E-state index contributed by atoms with van der Waals surface area (Å²) < 4.78 is 9.46. The standard InChI is InChI=1S/C71H78N4O/c1-66(2,3)46-24-20-23-44(33-46)54-37-50(70(13,14)15)38-55(45-34-48(68(7,8)9)36-49(35-45)69(10,11)12)65(54)74-43-73(58-28-18-19-29-59(58)74)51-25-21-26-52(40-51)76-53-41-57-64-61(42-53)75(62-39-47(31-32-72-62)67(4,5)6)60-30-22-27-56(63(60)64)71(57,16)17/h18-42H,43H2,1-17H3.